The Balaban J connectivity index is 0.000000361. The molecule has 7 nitrogen and oxygen atoms in total. The van der Waals surface area contributed by atoms with Gasteiger partial charge in [-0.1, -0.05) is 30.3 Å². The molecule has 7 heteroatoms. The van der Waals surface area contributed by atoms with Gasteiger partial charge in [-0.2, -0.15) is 0 Å². The molecule has 0 amide bonds. The van der Waals surface area contributed by atoms with Crippen LogP contribution < -0.4 is 5.73 Å². The molecule has 0 aliphatic heterocycles. The van der Waals surface area contributed by atoms with Crippen molar-refractivity contribution in [3.8, 4) is 0 Å². The molecule has 0 aromatic heterocycles. The third-order valence-electron chi connectivity index (χ3n) is 2.18. The Morgan fingerprint density at radius 2 is 1.55 bits per heavy atom. The van der Waals surface area contributed by atoms with E-state index in [1.165, 1.54) is 0 Å². The summed E-state index contributed by atoms with van der Waals surface area (Å²) in [6.45, 7) is 0. The van der Waals surface area contributed by atoms with Crippen LogP contribution in [0.1, 0.15) is 18.4 Å². The molecule has 0 bridgehead atoms. The van der Waals surface area contributed by atoms with Crippen molar-refractivity contribution < 1.29 is 29.7 Å². The lowest BCUT2D eigenvalue weighted by Crippen LogP contribution is -2.30. The Labute approximate surface area is 115 Å². The molecule has 5 N–H and O–H groups in total. The number of carboxylic acids is 3. The maximum absolute atomic E-state index is 10.2. The number of aliphatic carboxylic acids is 3. The van der Waals surface area contributed by atoms with Gasteiger partial charge in [0.2, 0.25) is 0 Å². The molecule has 1 atom stereocenters. The lowest BCUT2D eigenvalue weighted by atomic mass is 10.2. The number of rotatable bonds is 6. The predicted molar refractivity (Wildman–Crippen MR) is 70.3 cm³/mol. The van der Waals surface area contributed by atoms with E-state index in [1.807, 2.05) is 18.2 Å². The lowest BCUT2D eigenvalue weighted by Gasteiger charge is -2.01. The second-order valence-corrected chi connectivity index (χ2v) is 3.93. The SMILES string of the molecule is N[C@@H](CCC(=O)O)C(=O)O.O=C(O)Cc1ccccc1. The standard InChI is InChI=1S/C8H8O2.C5H9NO4/c9-8(10)6-7-4-2-1-3-5-7;6-3(5(9)10)1-2-4(7)8/h1-5H,6H2,(H,9,10);3H,1-2,6H2,(H,7,8)(H,9,10)/t;3-/m.0/s1. The van der Waals surface area contributed by atoms with Gasteiger partial charge in [-0.15, -0.1) is 0 Å². The van der Waals surface area contributed by atoms with Gasteiger partial charge in [0.1, 0.15) is 6.04 Å². The Kier molecular flexibility index (Phi) is 8.36. The highest BCUT2D eigenvalue weighted by atomic mass is 16.4. The van der Waals surface area contributed by atoms with E-state index in [0.29, 0.717) is 0 Å². The van der Waals surface area contributed by atoms with E-state index in [2.05, 4.69) is 0 Å². The van der Waals surface area contributed by atoms with Crippen molar-refractivity contribution in [2.45, 2.75) is 25.3 Å². The summed E-state index contributed by atoms with van der Waals surface area (Å²) in [5.74, 6) is -2.98. The number of carboxylic acid groups (broad SMARTS) is 3. The van der Waals surface area contributed by atoms with Gasteiger partial charge in [0, 0.05) is 6.42 Å². The summed E-state index contributed by atoms with van der Waals surface area (Å²) >= 11 is 0. The molecule has 0 saturated carbocycles. The van der Waals surface area contributed by atoms with Gasteiger partial charge < -0.3 is 21.1 Å². The van der Waals surface area contributed by atoms with E-state index in [0.717, 1.165) is 5.56 Å². The first-order valence-corrected chi connectivity index (χ1v) is 5.78. The van der Waals surface area contributed by atoms with E-state index < -0.39 is 23.9 Å². The molecule has 0 heterocycles. The quantitative estimate of drug-likeness (QED) is 0.598. The van der Waals surface area contributed by atoms with E-state index in [1.54, 1.807) is 12.1 Å². The maximum atomic E-state index is 10.2. The Bertz CT molecular complexity index is 445. The molecular weight excluding hydrogens is 266 g/mol. The van der Waals surface area contributed by atoms with Gasteiger partial charge in [-0.25, -0.2) is 0 Å². The summed E-state index contributed by atoms with van der Waals surface area (Å²) in [4.78, 5) is 30.0. The molecule has 20 heavy (non-hydrogen) atoms. The highest BCUT2D eigenvalue weighted by Crippen LogP contribution is 1.98. The first-order chi connectivity index (χ1) is 9.32. The number of hydrogen-bond donors (Lipinski definition) is 4. The predicted octanol–water partition coefficient (Wildman–Crippen LogP) is 0.577. The Hall–Kier alpha value is -2.41. The normalized spacial score (nSPS) is 10.8. The third-order valence-corrected chi connectivity index (χ3v) is 2.18. The van der Waals surface area contributed by atoms with Crippen LogP contribution in [-0.4, -0.2) is 39.3 Å². The largest absolute Gasteiger partial charge is 0.481 e. The molecular formula is C13H17NO6. The summed E-state index contributed by atoms with van der Waals surface area (Å²) < 4.78 is 0. The smallest absolute Gasteiger partial charge is 0.320 e. The molecule has 0 aliphatic rings. The molecule has 1 aromatic rings. The second kappa shape index (κ2) is 9.51. The van der Waals surface area contributed by atoms with Crippen LogP contribution in [0.2, 0.25) is 0 Å². The van der Waals surface area contributed by atoms with Gasteiger partial charge in [0.05, 0.1) is 6.42 Å². The Morgan fingerprint density at radius 3 is 1.95 bits per heavy atom. The van der Waals surface area contributed by atoms with E-state index in [-0.39, 0.29) is 19.3 Å². The summed E-state index contributed by atoms with van der Waals surface area (Å²) in [5.41, 5.74) is 5.84. The fourth-order valence-electron chi connectivity index (χ4n) is 1.17. The first kappa shape index (κ1) is 17.6. The second-order valence-electron chi connectivity index (χ2n) is 3.93. The maximum Gasteiger partial charge on any atom is 0.320 e. The fourth-order valence-corrected chi connectivity index (χ4v) is 1.17. The van der Waals surface area contributed by atoms with Crippen molar-refractivity contribution >= 4 is 17.9 Å². The summed E-state index contributed by atoms with van der Waals surface area (Å²) in [7, 11) is 0. The molecule has 1 rings (SSSR count). The average molecular weight is 283 g/mol. The topological polar surface area (TPSA) is 138 Å². The average Bonchev–Trinajstić information content (AvgIpc) is 2.37. The van der Waals surface area contributed by atoms with Crippen LogP contribution in [0.4, 0.5) is 0 Å². The molecule has 1 aromatic carbocycles. The van der Waals surface area contributed by atoms with Crippen LogP contribution in [0.25, 0.3) is 0 Å². The van der Waals surface area contributed by atoms with Crippen molar-refractivity contribution in [3.63, 3.8) is 0 Å². The molecule has 0 radical (unpaired) electrons. The number of hydrogen-bond acceptors (Lipinski definition) is 4. The highest BCUT2D eigenvalue weighted by Gasteiger charge is 2.12. The molecule has 0 fully saturated rings. The fraction of sp³-hybridized carbons (Fsp3) is 0.308. The summed E-state index contributed by atoms with van der Waals surface area (Å²) in [6.07, 6.45) is -0.112. The van der Waals surface area contributed by atoms with Crippen molar-refractivity contribution in [1.82, 2.24) is 0 Å². The number of benzene rings is 1. The highest BCUT2D eigenvalue weighted by molar-refractivity contribution is 5.74. The third kappa shape index (κ3) is 9.60. The van der Waals surface area contributed by atoms with Crippen LogP contribution in [0.5, 0.6) is 0 Å². The Morgan fingerprint density at radius 1 is 1.00 bits per heavy atom. The van der Waals surface area contributed by atoms with Crippen LogP contribution in [0, 0.1) is 0 Å². The van der Waals surface area contributed by atoms with E-state index in [4.69, 9.17) is 21.1 Å². The van der Waals surface area contributed by atoms with Crippen molar-refractivity contribution in [1.29, 1.82) is 0 Å². The molecule has 0 aliphatic carbocycles. The summed E-state index contributed by atoms with van der Waals surface area (Å²) in [6, 6.07) is 8.07. The minimum absolute atomic E-state index is 0.0231. The van der Waals surface area contributed by atoms with Crippen molar-refractivity contribution in [2.24, 2.45) is 5.73 Å². The first-order valence-electron chi connectivity index (χ1n) is 5.78. The number of carbonyl (C=O) groups is 3. The minimum atomic E-state index is -1.17. The molecule has 110 valence electrons. The van der Waals surface area contributed by atoms with E-state index >= 15 is 0 Å². The van der Waals surface area contributed by atoms with Gasteiger partial charge >= 0.3 is 17.9 Å². The van der Waals surface area contributed by atoms with Gasteiger partial charge in [0.15, 0.2) is 0 Å². The number of nitrogens with two attached hydrogens (primary N) is 1. The molecule has 0 unspecified atom stereocenters. The molecule has 0 spiro atoms. The van der Waals surface area contributed by atoms with Crippen LogP contribution in [-0.2, 0) is 20.8 Å². The van der Waals surface area contributed by atoms with Crippen LogP contribution >= 0.6 is 0 Å². The van der Waals surface area contributed by atoms with E-state index in [9.17, 15) is 14.4 Å². The zero-order valence-electron chi connectivity index (χ0n) is 10.7. The van der Waals surface area contributed by atoms with Crippen LogP contribution in [0.15, 0.2) is 30.3 Å². The minimum Gasteiger partial charge on any atom is -0.481 e. The molecule has 0 saturated heterocycles. The monoisotopic (exact) mass is 283 g/mol. The lowest BCUT2D eigenvalue weighted by molar-refractivity contribution is -0.140. The zero-order valence-corrected chi connectivity index (χ0v) is 10.7. The van der Waals surface area contributed by atoms with Crippen LogP contribution in [0.3, 0.4) is 0 Å². The van der Waals surface area contributed by atoms with Gasteiger partial charge in [0.25, 0.3) is 0 Å². The summed E-state index contributed by atoms with van der Waals surface area (Å²) in [5, 5.41) is 24.6. The van der Waals surface area contributed by atoms with Crippen molar-refractivity contribution in [2.75, 3.05) is 0 Å². The van der Waals surface area contributed by atoms with Gasteiger partial charge in [-0.3, -0.25) is 14.4 Å². The zero-order chi connectivity index (χ0) is 15.5. The van der Waals surface area contributed by atoms with Gasteiger partial charge in [-0.05, 0) is 12.0 Å². The van der Waals surface area contributed by atoms with Crippen molar-refractivity contribution in [3.05, 3.63) is 35.9 Å².